The number of carbonyl (C=O) groups is 1. The summed E-state index contributed by atoms with van der Waals surface area (Å²) in [5.74, 6) is 2.44. The number of nitrogens with zero attached hydrogens (tertiary/aromatic N) is 4. The number of rotatable bonds is 5. The number of hydrogen-bond donors (Lipinski definition) is 1. The van der Waals surface area contributed by atoms with E-state index in [1.165, 1.54) is 0 Å². The lowest BCUT2D eigenvalue weighted by molar-refractivity contribution is -0.122. The number of amides is 1. The molecule has 124 valence electrons. The number of nitrogens with one attached hydrogen (secondary N) is 1. The van der Waals surface area contributed by atoms with E-state index in [4.69, 9.17) is 8.94 Å². The van der Waals surface area contributed by atoms with Crippen LogP contribution in [-0.2, 0) is 24.2 Å². The van der Waals surface area contributed by atoms with Gasteiger partial charge in [-0.3, -0.25) is 4.79 Å². The van der Waals surface area contributed by atoms with Crippen LogP contribution in [0.5, 0.6) is 0 Å². The molecule has 8 heteroatoms. The molecular formula is C16H17N5O3. The van der Waals surface area contributed by atoms with Gasteiger partial charge in [0.1, 0.15) is 5.82 Å². The fourth-order valence-electron chi connectivity index (χ4n) is 2.87. The zero-order chi connectivity index (χ0) is 16.4. The van der Waals surface area contributed by atoms with Gasteiger partial charge < -0.3 is 18.8 Å². The van der Waals surface area contributed by atoms with Gasteiger partial charge in [0.05, 0.1) is 6.26 Å². The number of carbonyl (C=O) groups excluding carboxylic acids is 1. The Morgan fingerprint density at radius 1 is 1.46 bits per heavy atom. The largest absolute Gasteiger partial charge is 0.461 e. The van der Waals surface area contributed by atoms with Gasteiger partial charge in [0.2, 0.25) is 17.6 Å². The highest BCUT2D eigenvalue weighted by molar-refractivity contribution is 5.76. The normalized spacial score (nSPS) is 16.8. The predicted octanol–water partition coefficient (Wildman–Crippen LogP) is 1.59. The molecule has 0 aromatic carbocycles. The van der Waals surface area contributed by atoms with E-state index < -0.39 is 0 Å². The Morgan fingerprint density at radius 3 is 3.29 bits per heavy atom. The minimum absolute atomic E-state index is 0.0127. The molecule has 1 aliphatic rings. The molecule has 24 heavy (non-hydrogen) atoms. The van der Waals surface area contributed by atoms with Gasteiger partial charge in [-0.1, -0.05) is 5.16 Å². The first-order chi connectivity index (χ1) is 11.8. The smallest absolute Gasteiger partial charge is 0.238 e. The Kier molecular flexibility index (Phi) is 3.86. The molecule has 0 saturated carbocycles. The molecule has 1 atom stereocenters. The molecule has 8 nitrogen and oxygen atoms in total. The molecule has 1 aliphatic heterocycles. The van der Waals surface area contributed by atoms with E-state index >= 15 is 0 Å². The van der Waals surface area contributed by atoms with E-state index in [1.54, 1.807) is 24.6 Å². The summed E-state index contributed by atoms with van der Waals surface area (Å²) in [5, 5.41) is 6.91. The van der Waals surface area contributed by atoms with Crippen LogP contribution in [0.2, 0.25) is 0 Å². The highest BCUT2D eigenvalue weighted by Gasteiger charge is 2.20. The number of furan rings is 1. The van der Waals surface area contributed by atoms with Crippen molar-refractivity contribution in [2.75, 3.05) is 0 Å². The van der Waals surface area contributed by atoms with Crippen molar-refractivity contribution >= 4 is 5.91 Å². The summed E-state index contributed by atoms with van der Waals surface area (Å²) < 4.78 is 12.4. The van der Waals surface area contributed by atoms with Gasteiger partial charge >= 0.3 is 0 Å². The van der Waals surface area contributed by atoms with Crippen molar-refractivity contribution in [2.45, 2.75) is 38.3 Å². The third-order valence-electron chi connectivity index (χ3n) is 4.08. The van der Waals surface area contributed by atoms with E-state index in [-0.39, 0.29) is 11.9 Å². The average molecular weight is 327 g/mol. The minimum Gasteiger partial charge on any atom is -0.461 e. The van der Waals surface area contributed by atoms with Crippen molar-refractivity contribution in [3.63, 3.8) is 0 Å². The van der Waals surface area contributed by atoms with Gasteiger partial charge in [0.15, 0.2) is 5.76 Å². The number of aromatic nitrogens is 4. The van der Waals surface area contributed by atoms with Gasteiger partial charge in [-0.25, -0.2) is 4.98 Å². The second-order valence-corrected chi connectivity index (χ2v) is 5.79. The van der Waals surface area contributed by atoms with E-state index in [0.29, 0.717) is 30.3 Å². The molecule has 4 rings (SSSR count). The minimum atomic E-state index is -0.0127. The van der Waals surface area contributed by atoms with Crippen LogP contribution in [0, 0.1) is 0 Å². The van der Waals surface area contributed by atoms with E-state index in [1.807, 2.05) is 6.20 Å². The Morgan fingerprint density at radius 2 is 2.42 bits per heavy atom. The highest BCUT2D eigenvalue weighted by atomic mass is 16.5. The first-order valence-corrected chi connectivity index (χ1v) is 7.94. The van der Waals surface area contributed by atoms with Crippen molar-refractivity contribution in [1.82, 2.24) is 25.0 Å². The van der Waals surface area contributed by atoms with Gasteiger partial charge in [-0.15, -0.1) is 0 Å². The standard InChI is InChI=1S/C16H17N5O3/c22-14(18-11-3-4-13-17-7-8-21(13)10-11)5-6-15-19-16(20-24-15)12-2-1-9-23-12/h1-2,7-9,11H,3-6,10H2,(H,18,22). The highest BCUT2D eigenvalue weighted by Crippen LogP contribution is 2.16. The zero-order valence-corrected chi connectivity index (χ0v) is 13.0. The summed E-state index contributed by atoms with van der Waals surface area (Å²) in [6.07, 6.45) is 7.80. The second-order valence-electron chi connectivity index (χ2n) is 5.79. The van der Waals surface area contributed by atoms with Crippen molar-refractivity contribution < 1.29 is 13.7 Å². The number of aryl methyl sites for hydroxylation is 2. The summed E-state index contributed by atoms with van der Waals surface area (Å²) in [7, 11) is 0. The maximum absolute atomic E-state index is 12.1. The molecule has 0 fully saturated rings. The van der Waals surface area contributed by atoms with Crippen molar-refractivity contribution in [3.8, 4) is 11.6 Å². The molecule has 0 spiro atoms. The van der Waals surface area contributed by atoms with Crippen LogP contribution in [0.25, 0.3) is 11.6 Å². The lowest BCUT2D eigenvalue weighted by Gasteiger charge is -2.24. The maximum Gasteiger partial charge on any atom is 0.238 e. The number of imidazole rings is 1. The van der Waals surface area contributed by atoms with Crippen molar-refractivity contribution in [3.05, 3.63) is 42.5 Å². The second kappa shape index (κ2) is 6.31. The Bertz CT molecular complexity index is 821. The van der Waals surface area contributed by atoms with Crippen LogP contribution < -0.4 is 5.32 Å². The first kappa shape index (κ1) is 14.7. The summed E-state index contributed by atoms with van der Waals surface area (Å²) in [4.78, 5) is 20.6. The predicted molar refractivity (Wildman–Crippen MR) is 82.8 cm³/mol. The maximum atomic E-state index is 12.1. The molecular weight excluding hydrogens is 310 g/mol. The lowest BCUT2D eigenvalue weighted by Crippen LogP contribution is -2.41. The molecule has 1 unspecified atom stereocenters. The summed E-state index contributed by atoms with van der Waals surface area (Å²) in [6, 6.07) is 3.66. The molecule has 4 heterocycles. The van der Waals surface area contributed by atoms with E-state index in [2.05, 4.69) is 25.0 Å². The third-order valence-corrected chi connectivity index (χ3v) is 4.08. The Balaban J connectivity index is 1.28. The Labute approximate surface area is 137 Å². The van der Waals surface area contributed by atoms with Gasteiger partial charge in [-0.05, 0) is 18.6 Å². The van der Waals surface area contributed by atoms with Crippen LogP contribution in [0.3, 0.4) is 0 Å². The van der Waals surface area contributed by atoms with Crippen LogP contribution >= 0.6 is 0 Å². The molecule has 3 aromatic heterocycles. The summed E-state index contributed by atoms with van der Waals surface area (Å²) in [5.41, 5.74) is 0. The van der Waals surface area contributed by atoms with Crippen LogP contribution in [0.1, 0.15) is 24.6 Å². The van der Waals surface area contributed by atoms with Crippen LogP contribution in [-0.4, -0.2) is 31.6 Å². The fourth-order valence-corrected chi connectivity index (χ4v) is 2.87. The average Bonchev–Trinajstić information content (AvgIpc) is 3.32. The molecule has 3 aromatic rings. The van der Waals surface area contributed by atoms with E-state index in [0.717, 1.165) is 25.2 Å². The number of hydrogen-bond acceptors (Lipinski definition) is 6. The topological polar surface area (TPSA) is 99.0 Å². The van der Waals surface area contributed by atoms with Gasteiger partial charge in [0.25, 0.3) is 0 Å². The van der Waals surface area contributed by atoms with Crippen molar-refractivity contribution in [2.24, 2.45) is 0 Å². The molecule has 1 amide bonds. The van der Waals surface area contributed by atoms with Gasteiger partial charge in [0, 0.05) is 44.2 Å². The van der Waals surface area contributed by atoms with Crippen LogP contribution in [0.15, 0.2) is 39.7 Å². The zero-order valence-electron chi connectivity index (χ0n) is 13.0. The molecule has 0 bridgehead atoms. The van der Waals surface area contributed by atoms with E-state index in [9.17, 15) is 4.79 Å². The SMILES string of the molecule is O=C(CCc1nc(-c2ccco2)no1)NC1CCc2nccn2C1. The monoisotopic (exact) mass is 327 g/mol. The van der Waals surface area contributed by atoms with Gasteiger partial charge in [-0.2, -0.15) is 4.98 Å². The Hall–Kier alpha value is -2.90. The quantitative estimate of drug-likeness (QED) is 0.764. The fraction of sp³-hybridized carbons (Fsp3) is 0.375. The van der Waals surface area contributed by atoms with Crippen LogP contribution in [0.4, 0.5) is 0 Å². The first-order valence-electron chi connectivity index (χ1n) is 7.94. The van der Waals surface area contributed by atoms with Crippen molar-refractivity contribution in [1.29, 1.82) is 0 Å². The molecule has 0 radical (unpaired) electrons. The lowest BCUT2D eigenvalue weighted by atomic mass is 10.1. The molecule has 0 aliphatic carbocycles. The number of fused-ring (bicyclic) bond motifs is 1. The molecule has 1 N–H and O–H groups in total. The third kappa shape index (κ3) is 3.08. The summed E-state index contributed by atoms with van der Waals surface area (Å²) in [6.45, 7) is 0.768. The molecule has 0 saturated heterocycles. The summed E-state index contributed by atoms with van der Waals surface area (Å²) >= 11 is 0.